The Labute approximate surface area is 137 Å². The van der Waals surface area contributed by atoms with Crippen LogP contribution in [0.3, 0.4) is 0 Å². The van der Waals surface area contributed by atoms with Crippen molar-refractivity contribution in [3.05, 3.63) is 23.3 Å². The van der Waals surface area contributed by atoms with Crippen molar-refractivity contribution in [1.82, 2.24) is 0 Å². The average molecular weight is 319 g/mol. The van der Waals surface area contributed by atoms with Gasteiger partial charge in [0.1, 0.15) is 5.75 Å². The fourth-order valence-electron chi connectivity index (χ4n) is 2.88. The van der Waals surface area contributed by atoms with Crippen LogP contribution < -0.4 is 9.64 Å². The standard InChI is InChI=1S/C18H25NO4/c1-5-6-7-15-18(21)19(9-8-16(20)22-4)14-11-12(2)10-13(3)17(14)23-15/h10-11,15H,5-9H2,1-4H3. The van der Waals surface area contributed by atoms with Gasteiger partial charge in [-0.15, -0.1) is 0 Å². The summed E-state index contributed by atoms with van der Waals surface area (Å²) in [5.41, 5.74) is 2.83. The minimum atomic E-state index is -0.471. The lowest BCUT2D eigenvalue weighted by molar-refractivity contribution is -0.140. The van der Waals surface area contributed by atoms with Crippen molar-refractivity contribution in [3.8, 4) is 5.75 Å². The van der Waals surface area contributed by atoms with Gasteiger partial charge in [-0.3, -0.25) is 9.59 Å². The number of carbonyl (C=O) groups excluding carboxylic acids is 2. The van der Waals surface area contributed by atoms with Crippen LogP contribution in [0.2, 0.25) is 0 Å². The number of benzene rings is 1. The highest BCUT2D eigenvalue weighted by atomic mass is 16.5. The molecule has 1 aromatic carbocycles. The molecule has 5 heteroatoms. The van der Waals surface area contributed by atoms with Crippen molar-refractivity contribution in [1.29, 1.82) is 0 Å². The van der Waals surface area contributed by atoms with Gasteiger partial charge >= 0.3 is 5.97 Å². The summed E-state index contributed by atoms with van der Waals surface area (Å²) in [7, 11) is 1.36. The number of methoxy groups -OCH3 is 1. The fourth-order valence-corrected chi connectivity index (χ4v) is 2.88. The molecule has 0 saturated carbocycles. The average Bonchev–Trinajstić information content (AvgIpc) is 2.52. The number of anilines is 1. The third-order valence-corrected chi connectivity index (χ3v) is 4.08. The fraction of sp³-hybridized carbons (Fsp3) is 0.556. The molecule has 2 rings (SSSR count). The minimum absolute atomic E-state index is 0.0696. The Kier molecular flexibility index (Phi) is 5.64. The van der Waals surface area contributed by atoms with Gasteiger partial charge in [-0.05, 0) is 43.9 Å². The van der Waals surface area contributed by atoms with Gasteiger partial charge in [0.05, 0.1) is 19.2 Å². The van der Waals surface area contributed by atoms with E-state index in [1.165, 1.54) is 7.11 Å². The number of hydrogen-bond acceptors (Lipinski definition) is 4. The molecule has 1 atom stereocenters. The van der Waals surface area contributed by atoms with E-state index in [-0.39, 0.29) is 18.3 Å². The van der Waals surface area contributed by atoms with Crippen LogP contribution in [0.15, 0.2) is 12.1 Å². The number of fused-ring (bicyclic) bond motifs is 1. The summed E-state index contributed by atoms with van der Waals surface area (Å²) in [5.74, 6) is 0.362. The molecule has 0 aromatic heterocycles. The second kappa shape index (κ2) is 7.49. The summed E-state index contributed by atoms with van der Waals surface area (Å²) < 4.78 is 10.7. The molecule has 0 fully saturated rings. The number of aryl methyl sites for hydroxylation is 2. The van der Waals surface area contributed by atoms with Gasteiger partial charge in [0, 0.05) is 6.54 Å². The van der Waals surface area contributed by atoms with Crippen LogP contribution in [0.25, 0.3) is 0 Å². The zero-order valence-corrected chi connectivity index (χ0v) is 14.3. The zero-order chi connectivity index (χ0) is 17.0. The Morgan fingerprint density at radius 2 is 2.09 bits per heavy atom. The van der Waals surface area contributed by atoms with Crippen LogP contribution in [0, 0.1) is 13.8 Å². The second-order valence-corrected chi connectivity index (χ2v) is 5.99. The molecule has 0 N–H and O–H groups in total. The molecule has 0 bridgehead atoms. The Balaban J connectivity index is 2.33. The summed E-state index contributed by atoms with van der Waals surface area (Å²) in [6.07, 6.45) is 2.34. The number of rotatable bonds is 6. The molecule has 1 aromatic rings. The van der Waals surface area contributed by atoms with Gasteiger partial charge in [-0.25, -0.2) is 0 Å². The summed E-state index contributed by atoms with van der Waals surface area (Å²) in [6, 6.07) is 3.98. The van der Waals surface area contributed by atoms with Gasteiger partial charge < -0.3 is 14.4 Å². The molecule has 0 aliphatic carbocycles. The number of carbonyl (C=O) groups is 2. The Morgan fingerprint density at radius 1 is 1.35 bits per heavy atom. The first-order valence-electron chi connectivity index (χ1n) is 8.14. The molecule has 0 spiro atoms. The SMILES string of the molecule is CCCCC1Oc2c(C)cc(C)cc2N(CCC(=O)OC)C1=O. The van der Waals surface area contributed by atoms with Crippen molar-refractivity contribution in [2.24, 2.45) is 0 Å². The molecule has 1 amide bonds. The van der Waals surface area contributed by atoms with Gasteiger partial charge in [0.15, 0.2) is 6.10 Å². The highest BCUT2D eigenvalue weighted by Gasteiger charge is 2.35. The van der Waals surface area contributed by atoms with E-state index in [9.17, 15) is 9.59 Å². The van der Waals surface area contributed by atoms with E-state index in [2.05, 4.69) is 6.92 Å². The molecule has 0 saturated heterocycles. The number of nitrogens with zero attached hydrogens (tertiary/aromatic N) is 1. The molecular formula is C18H25NO4. The third kappa shape index (κ3) is 3.84. The third-order valence-electron chi connectivity index (χ3n) is 4.08. The number of ether oxygens (including phenoxy) is 2. The van der Waals surface area contributed by atoms with Gasteiger partial charge in [0.25, 0.3) is 5.91 Å². The molecular weight excluding hydrogens is 294 g/mol. The maximum Gasteiger partial charge on any atom is 0.307 e. The Bertz CT molecular complexity index is 597. The Morgan fingerprint density at radius 3 is 2.74 bits per heavy atom. The highest BCUT2D eigenvalue weighted by molar-refractivity contribution is 6.00. The first-order chi connectivity index (χ1) is 11.0. The van der Waals surface area contributed by atoms with E-state index >= 15 is 0 Å². The van der Waals surface area contributed by atoms with Crippen molar-refractivity contribution in [3.63, 3.8) is 0 Å². The van der Waals surface area contributed by atoms with Crippen LogP contribution in [-0.4, -0.2) is 31.6 Å². The minimum Gasteiger partial charge on any atom is -0.478 e. The van der Waals surface area contributed by atoms with Gasteiger partial charge in [-0.1, -0.05) is 19.4 Å². The smallest absolute Gasteiger partial charge is 0.307 e. The lowest BCUT2D eigenvalue weighted by Crippen LogP contribution is -2.47. The molecule has 0 radical (unpaired) electrons. The first-order valence-corrected chi connectivity index (χ1v) is 8.14. The molecule has 1 heterocycles. The first kappa shape index (κ1) is 17.3. The molecule has 126 valence electrons. The molecule has 1 unspecified atom stereocenters. The van der Waals surface area contributed by atoms with Gasteiger partial charge in [0.2, 0.25) is 0 Å². The second-order valence-electron chi connectivity index (χ2n) is 5.99. The van der Waals surface area contributed by atoms with Crippen LogP contribution in [0.4, 0.5) is 5.69 Å². The lowest BCUT2D eigenvalue weighted by atomic mass is 10.0. The van der Waals surface area contributed by atoms with Crippen molar-refractivity contribution < 1.29 is 19.1 Å². The molecule has 1 aliphatic rings. The quantitative estimate of drug-likeness (QED) is 0.756. The van der Waals surface area contributed by atoms with E-state index in [0.717, 1.165) is 35.4 Å². The van der Waals surface area contributed by atoms with E-state index in [1.807, 2.05) is 26.0 Å². The maximum absolute atomic E-state index is 12.8. The number of hydrogen-bond donors (Lipinski definition) is 0. The summed E-state index contributed by atoms with van der Waals surface area (Å²) in [5, 5.41) is 0. The van der Waals surface area contributed by atoms with Crippen LogP contribution in [-0.2, 0) is 14.3 Å². The number of unbranched alkanes of at least 4 members (excludes halogenated alkanes) is 1. The van der Waals surface area contributed by atoms with Crippen LogP contribution in [0.5, 0.6) is 5.75 Å². The topological polar surface area (TPSA) is 55.8 Å². The Hall–Kier alpha value is -2.04. The largest absolute Gasteiger partial charge is 0.478 e. The van der Waals surface area contributed by atoms with Crippen molar-refractivity contribution in [2.75, 3.05) is 18.6 Å². The summed E-state index contributed by atoms with van der Waals surface area (Å²) in [4.78, 5) is 25.9. The van der Waals surface area contributed by atoms with Crippen LogP contribution >= 0.6 is 0 Å². The monoisotopic (exact) mass is 319 g/mol. The molecule has 1 aliphatic heterocycles. The molecule has 23 heavy (non-hydrogen) atoms. The van der Waals surface area contributed by atoms with E-state index in [1.54, 1.807) is 4.90 Å². The zero-order valence-electron chi connectivity index (χ0n) is 14.3. The van der Waals surface area contributed by atoms with Crippen LogP contribution in [0.1, 0.15) is 43.7 Å². The lowest BCUT2D eigenvalue weighted by Gasteiger charge is -2.35. The molecule has 5 nitrogen and oxygen atoms in total. The van der Waals surface area contributed by atoms with E-state index in [4.69, 9.17) is 9.47 Å². The van der Waals surface area contributed by atoms with Crippen molar-refractivity contribution in [2.45, 2.75) is 52.6 Å². The summed E-state index contributed by atoms with van der Waals surface area (Å²) in [6.45, 7) is 6.37. The number of esters is 1. The van der Waals surface area contributed by atoms with E-state index in [0.29, 0.717) is 13.0 Å². The maximum atomic E-state index is 12.8. The highest BCUT2D eigenvalue weighted by Crippen LogP contribution is 2.38. The van der Waals surface area contributed by atoms with E-state index < -0.39 is 6.10 Å². The van der Waals surface area contributed by atoms with Crippen molar-refractivity contribution >= 4 is 17.6 Å². The predicted molar refractivity (Wildman–Crippen MR) is 88.8 cm³/mol. The van der Waals surface area contributed by atoms with Gasteiger partial charge in [-0.2, -0.15) is 0 Å². The normalized spacial score (nSPS) is 16.8. The summed E-state index contributed by atoms with van der Waals surface area (Å²) >= 11 is 0. The predicted octanol–water partition coefficient (Wildman–Crippen LogP) is 3.15. The number of amides is 1.